The molecule has 0 heterocycles. The summed E-state index contributed by atoms with van der Waals surface area (Å²) < 4.78 is 0. The van der Waals surface area contributed by atoms with E-state index in [-0.39, 0.29) is 12.5 Å². The molecule has 0 aromatic rings. The van der Waals surface area contributed by atoms with Crippen molar-refractivity contribution in [3.8, 4) is 0 Å². The van der Waals surface area contributed by atoms with Crippen molar-refractivity contribution in [3.63, 3.8) is 0 Å². The quantitative estimate of drug-likeness (QED) is 0.216. The van der Waals surface area contributed by atoms with Gasteiger partial charge in [0.05, 0.1) is 0 Å². The van der Waals surface area contributed by atoms with Crippen molar-refractivity contribution in [1.82, 2.24) is 10.2 Å². The summed E-state index contributed by atoms with van der Waals surface area (Å²) in [6.07, 6.45) is 12.6. The van der Waals surface area contributed by atoms with Gasteiger partial charge in [0.25, 0.3) is 0 Å². The van der Waals surface area contributed by atoms with E-state index >= 15 is 0 Å². The third kappa shape index (κ3) is 16.5. The smallest absolute Gasteiger partial charge is 0.241 e. The number of aliphatic imine (C=N–C) groups is 1. The molecule has 0 saturated carbocycles. The molecule has 1 amide bonds. The van der Waals surface area contributed by atoms with Crippen molar-refractivity contribution < 1.29 is 4.79 Å². The van der Waals surface area contributed by atoms with Gasteiger partial charge in [-0.2, -0.15) is 0 Å². The topological polar surface area (TPSA) is 44.7 Å². The highest BCUT2D eigenvalue weighted by Gasteiger charge is 2.09. The Bertz CT molecular complexity index is 489. The van der Waals surface area contributed by atoms with E-state index in [1.54, 1.807) is 11.8 Å². The molecule has 0 spiro atoms. The minimum absolute atomic E-state index is 0.0168. The summed E-state index contributed by atoms with van der Waals surface area (Å²) in [5.74, 6) is 2.64. The van der Waals surface area contributed by atoms with Crippen molar-refractivity contribution >= 4 is 22.8 Å². The van der Waals surface area contributed by atoms with E-state index in [4.69, 9.17) is 0 Å². The Morgan fingerprint density at radius 2 is 1.72 bits per heavy atom. The van der Waals surface area contributed by atoms with Gasteiger partial charge < -0.3 is 10.2 Å². The van der Waals surface area contributed by atoms with E-state index in [9.17, 15) is 4.79 Å². The molecule has 0 aliphatic rings. The zero-order valence-electron chi connectivity index (χ0n) is 20.3. The number of allylic oxidation sites excluding steroid dienone is 2. The first-order chi connectivity index (χ1) is 13.6. The minimum Gasteiger partial charge on any atom is -0.354 e. The Kier molecular flexibility index (Phi) is 16.2. The lowest BCUT2D eigenvalue weighted by atomic mass is 9.95. The van der Waals surface area contributed by atoms with Crippen molar-refractivity contribution in [1.29, 1.82) is 0 Å². The summed E-state index contributed by atoms with van der Waals surface area (Å²) in [4.78, 5) is 18.7. The van der Waals surface area contributed by atoms with Crippen LogP contribution >= 0.6 is 11.8 Å². The normalized spacial score (nSPS) is 14.6. The molecule has 0 aliphatic carbocycles. The summed E-state index contributed by atoms with van der Waals surface area (Å²) in [5.41, 5.74) is 0. The molecule has 1 N–H and O–H groups in total. The highest BCUT2D eigenvalue weighted by molar-refractivity contribution is 8.13. The predicted octanol–water partition coefficient (Wildman–Crippen LogP) is 5.84. The molecule has 0 radical (unpaired) electrons. The van der Waals surface area contributed by atoms with Crippen LogP contribution in [0.5, 0.6) is 0 Å². The zero-order chi connectivity index (χ0) is 22.2. The van der Waals surface area contributed by atoms with Gasteiger partial charge in [-0.25, -0.2) is 0 Å². The molecule has 29 heavy (non-hydrogen) atoms. The van der Waals surface area contributed by atoms with Crippen LogP contribution in [0.1, 0.15) is 73.6 Å². The molecule has 0 bridgehead atoms. The number of carbonyl (C=O) groups excluding carboxylic acids is 1. The van der Waals surface area contributed by atoms with Gasteiger partial charge in [-0.15, -0.1) is 0 Å². The van der Waals surface area contributed by atoms with Crippen LogP contribution in [0.2, 0.25) is 0 Å². The minimum atomic E-state index is 0.0168. The maximum Gasteiger partial charge on any atom is 0.241 e. The van der Waals surface area contributed by atoms with Gasteiger partial charge in [-0.05, 0) is 55.6 Å². The van der Waals surface area contributed by atoms with Gasteiger partial charge >= 0.3 is 0 Å². The molecular weight excluding hydrogens is 378 g/mol. The van der Waals surface area contributed by atoms with E-state index in [1.807, 2.05) is 13.3 Å². The van der Waals surface area contributed by atoms with Gasteiger partial charge in [-0.1, -0.05) is 71.9 Å². The summed E-state index contributed by atoms with van der Waals surface area (Å²) >= 11 is 1.60. The maximum atomic E-state index is 12.1. The Morgan fingerprint density at radius 3 is 2.31 bits per heavy atom. The van der Waals surface area contributed by atoms with Crippen LogP contribution in [0, 0.1) is 23.7 Å². The first kappa shape index (κ1) is 28.0. The van der Waals surface area contributed by atoms with Gasteiger partial charge in [0, 0.05) is 20.1 Å². The second kappa shape index (κ2) is 16.8. The number of carbonyl (C=O) groups is 1. The van der Waals surface area contributed by atoms with Crippen molar-refractivity contribution in [2.45, 2.75) is 73.6 Å². The first-order valence-electron chi connectivity index (χ1n) is 11.4. The number of hydrogen-bond donors (Lipinski definition) is 1. The number of rotatable bonds is 14. The Morgan fingerprint density at radius 1 is 1.03 bits per heavy atom. The van der Waals surface area contributed by atoms with E-state index in [1.165, 1.54) is 25.7 Å². The molecule has 0 aromatic heterocycles. The molecule has 0 aromatic carbocycles. The Labute approximate surface area is 185 Å². The SMILES string of the molecule is CSC(=NCC(=O)NCCC(C)CCC(C)C=CCCC(C)C)N(C)CC(C)C. The summed E-state index contributed by atoms with van der Waals surface area (Å²) in [5, 5.41) is 3.95. The maximum absolute atomic E-state index is 12.1. The monoisotopic (exact) mass is 425 g/mol. The standard InChI is InChI=1S/C24H47N3OS/c1-19(2)11-9-10-12-21(5)13-14-22(6)15-16-25-23(28)17-26-24(29-8)27(7)18-20(3)4/h10,12,19-22H,9,11,13-18H2,1-8H3,(H,25,28). The second-order valence-electron chi connectivity index (χ2n) is 9.28. The number of nitrogens with one attached hydrogen (secondary N) is 1. The van der Waals surface area contributed by atoms with Crippen LogP contribution < -0.4 is 5.32 Å². The van der Waals surface area contributed by atoms with Crippen LogP contribution in [-0.2, 0) is 4.79 Å². The molecule has 5 heteroatoms. The fourth-order valence-electron chi connectivity index (χ4n) is 3.17. The summed E-state index contributed by atoms with van der Waals surface area (Å²) in [6.45, 7) is 15.4. The molecule has 0 rings (SSSR count). The van der Waals surface area contributed by atoms with Crippen molar-refractivity contribution in [2.75, 3.05) is 32.9 Å². The summed E-state index contributed by atoms with van der Waals surface area (Å²) in [7, 11) is 2.04. The van der Waals surface area contributed by atoms with Gasteiger partial charge in [0.1, 0.15) is 6.54 Å². The molecular formula is C24H47N3OS. The highest BCUT2D eigenvalue weighted by atomic mass is 32.2. The van der Waals surface area contributed by atoms with Crippen LogP contribution in [-0.4, -0.2) is 48.9 Å². The second-order valence-corrected chi connectivity index (χ2v) is 10.0. The third-order valence-corrected chi connectivity index (χ3v) is 5.76. The molecule has 2 unspecified atom stereocenters. The van der Waals surface area contributed by atoms with E-state index in [2.05, 4.69) is 68.9 Å². The van der Waals surface area contributed by atoms with Crippen LogP contribution in [0.3, 0.4) is 0 Å². The lowest BCUT2D eigenvalue weighted by Gasteiger charge is -2.21. The Hall–Kier alpha value is -0.970. The van der Waals surface area contributed by atoms with E-state index in [0.717, 1.165) is 30.6 Å². The first-order valence-corrected chi connectivity index (χ1v) is 12.6. The number of amidine groups is 1. The van der Waals surface area contributed by atoms with Gasteiger partial charge in [0.15, 0.2) is 5.17 Å². The fourth-order valence-corrected chi connectivity index (χ4v) is 3.75. The molecule has 2 atom stereocenters. The average Bonchev–Trinajstić information content (AvgIpc) is 2.63. The van der Waals surface area contributed by atoms with E-state index < -0.39 is 0 Å². The number of thioether (sulfide) groups is 1. The predicted molar refractivity (Wildman–Crippen MR) is 132 cm³/mol. The molecule has 170 valence electrons. The lowest BCUT2D eigenvalue weighted by molar-refractivity contribution is -0.119. The third-order valence-electron chi connectivity index (χ3n) is 4.96. The molecule has 0 fully saturated rings. The summed E-state index contributed by atoms with van der Waals surface area (Å²) in [6, 6.07) is 0. The molecule has 0 saturated heterocycles. The van der Waals surface area contributed by atoms with Gasteiger partial charge in [-0.3, -0.25) is 9.79 Å². The number of hydrogen-bond acceptors (Lipinski definition) is 3. The van der Waals surface area contributed by atoms with E-state index in [0.29, 0.717) is 17.8 Å². The average molecular weight is 426 g/mol. The van der Waals surface area contributed by atoms with Crippen LogP contribution in [0.4, 0.5) is 0 Å². The number of nitrogens with zero attached hydrogens (tertiary/aromatic N) is 2. The number of amides is 1. The Balaban J connectivity index is 4.04. The highest BCUT2D eigenvalue weighted by Crippen LogP contribution is 2.16. The van der Waals surface area contributed by atoms with Crippen LogP contribution in [0.15, 0.2) is 17.1 Å². The largest absolute Gasteiger partial charge is 0.354 e. The zero-order valence-corrected chi connectivity index (χ0v) is 21.1. The van der Waals surface area contributed by atoms with Crippen LogP contribution in [0.25, 0.3) is 0 Å². The van der Waals surface area contributed by atoms with Crippen molar-refractivity contribution in [2.24, 2.45) is 28.7 Å². The molecule has 4 nitrogen and oxygen atoms in total. The lowest BCUT2D eigenvalue weighted by Crippen LogP contribution is -2.31. The molecule has 0 aliphatic heterocycles. The van der Waals surface area contributed by atoms with Crippen molar-refractivity contribution in [3.05, 3.63) is 12.2 Å². The fraction of sp³-hybridized carbons (Fsp3) is 0.833. The van der Waals surface area contributed by atoms with Gasteiger partial charge in [0.2, 0.25) is 5.91 Å².